The third kappa shape index (κ3) is 6.99. The standard InChI is InChI=1S/C30H30Cl2N2O5S/c1-4-37-25-12-10-19(16-27(25)38-5-2)13-14-34-29(35)24(33-30(34)40)17-21-7-6-8-26(36-3)28(21)39-18-20-9-11-22(31)23(32)15-20/h6-12,15-17H,4-5,13-14,18H2,1-3H3,(H,33,40)/b24-17+. The molecule has 0 aromatic heterocycles. The van der Waals surface area contributed by atoms with Crippen LogP contribution in [-0.4, -0.2) is 42.8 Å². The average molecular weight is 602 g/mol. The van der Waals surface area contributed by atoms with Gasteiger partial charge in [-0.3, -0.25) is 9.69 Å². The van der Waals surface area contributed by atoms with Crippen LogP contribution in [0.1, 0.15) is 30.5 Å². The first-order valence-electron chi connectivity index (χ1n) is 12.8. The maximum absolute atomic E-state index is 13.3. The van der Waals surface area contributed by atoms with Crippen LogP contribution in [0.2, 0.25) is 10.0 Å². The molecule has 3 aromatic rings. The Balaban J connectivity index is 1.50. The molecule has 0 bridgehead atoms. The van der Waals surface area contributed by atoms with Gasteiger partial charge in [-0.25, -0.2) is 0 Å². The van der Waals surface area contributed by atoms with Crippen molar-refractivity contribution in [3.63, 3.8) is 0 Å². The maximum atomic E-state index is 13.3. The second-order valence-corrected chi connectivity index (χ2v) is 9.96. The molecule has 0 spiro atoms. The van der Waals surface area contributed by atoms with Crippen molar-refractivity contribution >= 4 is 52.5 Å². The number of nitrogens with one attached hydrogen (secondary N) is 1. The molecule has 1 fully saturated rings. The van der Waals surface area contributed by atoms with Crippen LogP contribution in [0.4, 0.5) is 0 Å². The second-order valence-electron chi connectivity index (χ2n) is 8.76. The largest absolute Gasteiger partial charge is 0.493 e. The lowest BCUT2D eigenvalue weighted by Crippen LogP contribution is -2.32. The summed E-state index contributed by atoms with van der Waals surface area (Å²) in [6.45, 7) is 5.56. The number of thiocarbonyl (C=S) groups is 1. The number of nitrogens with zero attached hydrogens (tertiary/aromatic N) is 1. The predicted molar refractivity (Wildman–Crippen MR) is 162 cm³/mol. The first kappa shape index (κ1) is 29.5. The van der Waals surface area contributed by atoms with Gasteiger partial charge in [-0.15, -0.1) is 0 Å². The highest BCUT2D eigenvalue weighted by Gasteiger charge is 2.30. The summed E-state index contributed by atoms with van der Waals surface area (Å²) in [6, 6.07) is 16.6. The van der Waals surface area contributed by atoms with Gasteiger partial charge in [0.2, 0.25) is 0 Å². The monoisotopic (exact) mass is 600 g/mol. The molecule has 1 aliphatic rings. The van der Waals surface area contributed by atoms with Gasteiger partial charge < -0.3 is 24.3 Å². The fraction of sp³-hybridized carbons (Fsp3) is 0.267. The smallest absolute Gasteiger partial charge is 0.276 e. The highest BCUT2D eigenvalue weighted by atomic mass is 35.5. The number of halogens is 2. The Labute approximate surface area is 249 Å². The number of rotatable bonds is 12. The Hall–Kier alpha value is -3.46. The van der Waals surface area contributed by atoms with E-state index in [0.29, 0.717) is 75.6 Å². The van der Waals surface area contributed by atoms with Crippen LogP contribution in [0.25, 0.3) is 6.08 Å². The molecule has 4 rings (SSSR count). The normalized spacial score (nSPS) is 13.9. The Morgan fingerprint density at radius 2 is 1.65 bits per heavy atom. The first-order chi connectivity index (χ1) is 19.3. The Kier molecular flexibility index (Phi) is 10.1. The van der Waals surface area contributed by atoms with E-state index in [-0.39, 0.29) is 12.5 Å². The molecule has 40 heavy (non-hydrogen) atoms. The molecule has 0 atom stereocenters. The molecule has 1 saturated heterocycles. The SMILES string of the molecule is CCOc1ccc(CCN2C(=O)/C(=C\c3cccc(OC)c3OCc3ccc(Cl)c(Cl)c3)NC2=S)cc1OCC. The summed E-state index contributed by atoms with van der Waals surface area (Å²) in [6.07, 6.45) is 2.30. The van der Waals surface area contributed by atoms with Gasteiger partial charge in [0.25, 0.3) is 5.91 Å². The van der Waals surface area contributed by atoms with Crippen molar-refractivity contribution in [2.45, 2.75) is 26.9 Å². The zero-order chi connectivity index (χ0) is 28.6. The molecule has 0 saturated carbocycles. The van der Waals surface area contributed by atoms with Gasteiger partial charge in [-0.05, 0) is 80.0 Å². The van der Waals surface area contributed by atoms with Crippen molar-refractivity contribution in [2.75, 3.05) is 26.9 Å². The van der Waals surface area contributed by atoms with Crippen LogP contribution in [-0.2, 0) is 17.8 Å². The molecule has 1 N–H and O–H groups in total. The van der Waals surface area contributed by atoms with Gasteiger partial charge in [-0.1, -0.05) is 47.5 Å². The van der Waals surface area contributed by atoms with E-state index in [1.807, 2.05) is 50.2 Å². The molecular formula is C30H30Cl2N2O5S. The Bertz CT molecular complexity index is 1430. The highest BCUT2D eigenvalue weighted by Crippen LogP contribution is 2.34. The van der Waals surface area contributed by atoms with Crippen molar-refractivity contribution in [1.82, 2.24) is 10.2 Å². The molecular weight excluding hydrogens is 571 g/mol. The molecule has 1 amide bonds. The summed E-state index contributed by atoms with van der Waals surface area (Å²) >= 11 is 17.7. The van der Waals surface area contributed by atoms with Crippen LogP contribution in [0.3, 0.4) is 0 Å². The molecule has 1 aliphatic heterocycles. The number of carbonyl (C=O) groups excluding carboxylic acids is 1. The molecule has 0 unspecified atom stereocenters. The average Bonchev–Trinajstić information content (AvgIpc) is 3.21. The van der Waals surface area contributed by atoms with Crippen LogP contribution in [0.5, 0.6) is 23.0 Å². The Morgan fingerprint density at radius 1 is 0.900 bits per heavy atom. The number of para-hydroxylation sites is 1. The summed E-state index contributed by atoms with van der Waals surface area (Å²) in [4.78, 5) is 14.9. The summed E-state index contributed by atoms with van der Waals surface area (Å²) in [5, 5.41) is 4.30. The van der Waals surface area contributed by atoms with E-state index in [4.69, 9.17) is 54.4 Å². The van der Waals surface area contributed by atoms with Crippen molar-refractivity contribution < 1.29 is 23.7 Å². The minimum atomic E-state index is -0.223. The van der Waals surface area contributed by atoms with Crippen molar-refractivity contribution in [3.8, 4) is 23.0 Å². The van der Waals surface area contributed by atoms with E-state index < -0.39 is 0 Å². The second kappa shape index (κ2) is 13.7. The van der Waals surface area contributed by atoms with E-state index in [2.05, 4.69) is 5.32 Å². The Morgan fingerprint density at radius 3 is 2.38 bits per heavy atom. The third-order valence-electron chi connectivity index (χ3n) is 6.09. The molecule has 3 aromatic carbocycles. The summed E-state index contributed by atoms with van der Waals surface area (Å²) in [5.74, 6) is 2.17. The molecule has 7 nitrogen and oxygen atoms in total. The van der Waals surface area contributed by atoms with Gasteiger partial charge >= 0.3 is 0 Å². The summed E-state index contributed by atoms with van der Waals surface area (Å²) < 4.78 is 23.0. The van der Waals surface area contributed by atoms with Crippen molar-refractivity contribution in [1.29, 1.82) is 0 Å². The molecule has 0 radical (unpaired) electrons. The number of hydrogen-bond donors (Lipinski definition) is 1. The van der Waals surface area contributed by atoms with Gasteiger partial charge in [-0.2, -0.15) is 0 Å². The van der Waals surface area contributed by atoms with E-state index in [0.717, 1.165) is 11.1 Å². The summed E-state index contributed by atoms with van der Waals surface area (Å²) in [5.41, 5.74) is 2.85. The van der Waals surface area contributed by atoms with Crippen molar-refractivity contribution in [2.24, 2.45) is 0 Å². The maximum Gasteiger partial charge on any atom is 0.276 e. The minimum absolute atomic E-state index is 0.223. The van der Waals surface area contributed by atoms with Gasteiger partial charge in [0.1, 0.15) is 12.3 Å². The number of carbonyl (C=O) groups is 1. The topological polar surface area (TPSA) is 69.3 Å². The molecule has 210 valence electrons. The quantitative estimate of drug-likeness (QED) is 0.184. The van der Waals surface area contributed by atoms with Gasteiger partial charge in [0.05, 0.1) is 30.4 Å². The van der Waals surface area contributed by atoms with E-state index in [9.17, 15) is 4.79 Å². The van der Waals surface area contributed by atoms with E-state index >= 15 is 0 Å². The lowest BCUT2D eigenvalue weighted by Gasteiger charge is -2.16. The van der Waals surface area contributed by atoms with Gasteiger partial charge in [0, 0.05) is 12.1 Å². The highest BCUT2D eigenvalue weighted by molar-refractivity contribution is 7.80. The molecule has 0 aliphatic carbocycles. The van der Waals surface area contributed by atoms with Crippen LogP contribution in [0, 0.1) is 0 Å². The zero-order valence-corrected chi connectivity index (χ0v) is 24.8. The number of hydrogen-bond acceptors (Lipinski definition) is 6. The minimum Gasteiger partial charge on any atom is -0.493 e. The fourth-order valence-corrected chi connectivity index (χ4v) is 4.77. The number of amides is 1. The van der Waals surface area contributed by atoms with Crippen LogP contribution >= 0.6 is 35.4 Å². The fourth-order valence-electron chi connectivity index (χ4n) is 4.17. The number of benzene rings is 3. The molecule has 10 heteroatoms. The lowest BCUT2D eigenvalue weighted by atomic mass is 10.1. The van der Waals surface area contributed by atoms with Crippen molar-refractivity contribution in [3.05, 3.63) is 87.0 Å². The van der Waals surface area contributed by atoms with Crippen LogP contribution in [0.15, 0.2) is 60.3 Å². The predicted octanol–water partition coefficient (Wildman–Crippen LogP) is 6.68. The number of ether oxygens (including phenoxy) is 4. The summed E-state index contributed by atoms with van der Waals surface area (Å²) in [7, 11) is 1.56. The third-order valence-corrected chi connectivity index (χ3v) is 7.15. The number of methoxy groups -OCH3 is 1. The van der Waals surface area contributed by atoms with E-state index in [1.54, 1.807) is 36.3 Å². The van der Waals surface area contributed by atoms with E-state index in [1.165, 1.54) is 0 Å². The molecule has 1 heterocycles. The van der Waals surface area contributed by atoms with Gasteiger partial charge in [0.15, 0.2) is 28.1 Å². The van der Waals surface area contributed by atoms with Crippen LogP contribution < -0.4 is 24.3 Å². The first-order valence-corrected chi connectivity index (χ1v) is 14.0. The zero-order valence-electron chi connectivity index (χ0n) is 22.5. The lowest BCUT2D eigenvalue weighted by molar-refractivity contribution is -0.122.